The number of nitrogens with zero attached hydrogens (tertiary/aromatic N) is 3. The van der Waals surface area contributed by atoms with Gasteiger partial charge in [0.1, 0.15) is 11.6 Å². The molecule has 0 bridgehead atoms. The fraction of sp³-hybridized carbons (Fsp3) is 0.143. The Morgan fingerprint density at radius 2 is 1.88 bits per heavy atom. The maximum absolute atomic E-state index is 14.2. The van der Waals surface area contributed by atoms with E-state index in [1.54, 1.807) is 6.20 Å². The molecule has 4 aromatic rings. The normalized spacial score (nSPS) is 14.4. The van der Waals surface area contributed by atoms with Gasteiger partial charge in [0, 0.05) is 44.7 Å². The number of aryl methyl sites for hydroxylation is 1. The van der Waals surface area contributed by atoms with E-state index in [1.165, 1.54) is 29.1 Å². The third kappa shape index (κ3) is 5.62. The highest BCUT2D eigenvalue weighted by molar-refractivity contribution is 6.31. The first-order valence-electron chi connectivity index (χ1n) is 12.0. The zero-order valence-electron chi connectivity index (χ0n) is 20.7. The smallest absolute Gasteiger partial charge is 0.341 e. The van der Waals surface area contributed by atoms with E-state index in [4.69, 9.17) is 16.9 Å². The molecule has 5 rings (SSSR count). The van der Waals surface area contributed by atoms with Crippen LogP contribution in [0.2, 0.25) is 5.02 Å². The van der Waals surface area contributed by atoms with Crippen LogP contribution in [0.15, 0.2) is 60.9 Å². The Labute approximate surface area is 234 Å². The molecule has 0 saturated carbocycles. The highest BCUT2D eigenvalue weighted by Gasteiger charge is 2.36. The Bertz CT molecular complexity index is 1740. The second kappa shape index (κ2) is 10.7. The van der Waals surface area contributed by atoms with Gasteiger partial charge in [-0.2, -0.15) is 23.5 Å². The summed E-state index contributed by atoms with van der Waals surface area (Å²) in [5.74, 6) is -3.57. The Morgan fingerprint density at radius 1 is 1.10 bits per heavy atom. The summed E-state index contributed by atoms with van der Waals surface area (Å²) in [5.41, 5.74) is -0.617. The van der Waals surface area contributed by atoms with E-state index in [0.29, 0.717) is 29.8 Å². The third-order valence-electron chi connectivity index (χ3n) is 6.41. The Hall–Kier alpha value is -4.76. The molecule has 2 heterocycles. The highest BCUT2D eigenvalue weighted by atomic mass is 35.5. The third-order valence-corrected chi connectivity index (χ3v) is 6.76. The van der Waals surface area contributed by atoms with Gasteiger partial charge in [0.15, 0.2) is 0 Å². The number of halogens is 6. The van der Waals surface area contributed by atoms with Crippen LogP contribution in [0, 0.1) is 23.0 Å². The monoisotopic (exact) mass is 585 g/mol. The van der Waals surface area contributed by atoms with Crippen molar-refractivity contribution in [3.8, 4) is 17.2 Å². The van der Waals surface area contributed by atoms with E-state index in [9.17, 15) is 31.5 Å². The first-order valence-corrected chi connectivity index (χ1v) is 12.3. The number of hydrogen-bond acceptors (Lipinski definition) is 4. The molecule has 0 radical (unpaired) electrons. The SMILES string of the molecule is N#CCCn1cc(-c2cc(NC(=O)c3cc(F)cc(C(F)(F)F)c3)c3c(c2)C(=O)NC3c2cc(F)ccc2Cl)cn1. The maximum atomic E-state index is 14.2. The standard InChI is InChI=1S/C28H17ClF5N5O2/c29-22-3-2-18(30)11-20(22)25-24-21(27(41)38-25)8-14(16-12-36-39(13-16)5-1-4-35)9-23(24)37-26(40)15-6-17(28(32,33)34)10-19(31)7-15/h2-3,6-13,25H,1,5H2,(H,37,40)(H,38,41). The van der Waals surface area contributed by atoms with Gasteiger partial charge in [-0.05, 0) is 54.1 Å². The molecule has 1 unspecified atom stereocenters. The minimum atomic E-state index is -4.90. The quantitative estimate of drug-likeness (QED) is 0.252. The molecule has 1 aliphatic heterocycles. The van der Waals surface area contributed by atoms with Gasteiger partial charge in [0.2, 0.25) is 0 Å². The van der Waals surface area contributed by atoms with Gasteiger partial charge in [-0.15, -0.1) is 0 Å². The number of hydrogen-bond donors (Lipinski definition) is 2. The molecular weight excluding hydrogens is 569 g/mol. The number of alkyl halides is 3. The van der Waals surface area contributed by atoms with Crippen LogP contribution in [0.3, 0.4) is 0 Å². The maximum Gasteiger partial charge on any atom is 0.416 e. The number of amides is 2. The second-order valence-electron chi connectivity index (χ2n) is 9.14. The summed E-state index contributed by atoms with van der Waals surface area (Å²) in [5, 5.41) is 18.3. The zero-order valence-corrected chi connectivity index (χ0v) is 21.4. The number of aromatic nitrogens is 2. The largest absolute Gasteiger partial charge is 0.416 e. The number of benzene rings is 3. The van der Waals surface area contributed by atoms with Crippen molar-refractivity contribution in [3.05, 3.63) is 105 Å². The molecule has 13 heteroatoms. The molecule has 1 aliphatic rings. The molecule has 41 heavy (non-hydrogen) atoms. The van der Waals surface area contributed by atoms with Gasteiger partial charge in [-0.3, -0.25) is 14.3 Å². The zero-order chi connectivity index (χ0) is 29.5. The van der Waals surface area contributed by atoms with Gasteiger partial charge < -0.3 is 10.6 Å². The highest BCUT2D eigenvalue weighted by Crippen LogP contribution is 2.42. The van der Waals surface area contributed by atoms with E-state index in [-0.39, 0.29) is 39.9 Å². The predicted molar refractivity (Wildman–Crippen MR) is 138 cm³/mol. The van der Waals surface area contributed by atoms with E-state index < -0.39 is 46.8 Å². The van der Waals surface area contributed by atoms with Crippen molar-refractivity contribution in [2.75, 3.05) is 5.32 Å². The number of fused-ring (bicyclic) bond motifs is 1. The Morgan fingerprint density at radius 3 is 2.61 bits per heavy atom. The number of nitriles is 1. The molecule has 2 amide bonds. The van der Waals surface area contributed by atoms with Gasteiger partial charge in [-0.25, -0.2) is 8.78 Å². The summed E-state index contributed by atoms with van der Waals surface area (Å²) in [6, 6.07) is 8.92. The van der Waals surface area contributed by atoms with Crippen LogP contribution in [-0.2, 0) is 12.7 Å². The molecule has 208 valence electrons. The van der Waals surface area contributed by atoms with Crippen molar-refractivity contribution in [2.24, 2.45) is 0 Å². The fourth-order valence-electron chi connectivity index (χ4n) is 4.55. The minimum Gasteiger partial charge on any atom is -0.341 e. The number of nitrogens with one attached hydrogen (secondary N) is 2. The number of carbonyl (C=O) groups is 2. The summed E-state index contributed by atoms with van der Waals surface area (Å²) in [6.45, 7) is 0.298. The van der Waals surface area contributed by atoms with Crippen LogP contribution < -0.4 is 10.6 Å². The summed E-state index contributed by atoms with van der Waals surface area (Å²) in [7, 11) is 0. The second-order valence-corrected chi connectivity index (χ2v) is 9.55. The molecule has 0 aliphatic carbocycles. The van der Waals surface area contributed by atoms with Crippen molar-refractivity contribution in [3.63, 3.8) is 0 Å². The molecule has 0 spiro atoms. The predicted octanol–water partition coefficient (Wildman–Crippen LogP) is 6.50. The average Bonchev–Trinajstić information content (AvgIpc) is 3.52. The van der Waals surface area contributed by atoms with Gasteiger partial charge in [0.05, 0.1) is 36.8 Å². The summed E-state index contributed by atoms with van der Waals surface area (Å²) in [6.07, 6.45) is -1.63. The lowest BCUT2D eigenvalue weighted by Crippen LogP contribution is -2.21. The van der Waals surface area contributed by atoms with Crippen LogP contribution in [-0.4, -0.2) is 21.6 Å². The average molecular weight is 586 g/mol. The van der Waals surface area contributed by atoms with Crippen molar-refractivity contribution in [2.45, 2.75) is 25.2 Å². The van der Waals surface area contributed by atoms with Crippen molar-refractivity contribution in [1.82, 2.24) is 15.1 Å². The van der Waals surface area contributed by atoms with Crippen molar-refractivity contribution < 1.29 is 31.5 Å². The Kier molecular flexibility index (Phi) is 7.23. The van der Waals surface area contributed by atoms with Crippen molar-refractivity contribution in [1.29, 1.82) is 5.26 Å². The van der Waals surface area contributed by atoms with Gasteiger partial charge in [0.25, 0.3) is 11.8 Å². The number of rotatable bonds is 6. The van der Waals surface area contributed by atoms with E-state index in [0.717, 1.165) is 12.1 Å². The van der Waals surface area contributed by atoms with Crippen molar-refractivity contribution >= 4 is 29.1 Å². The van der Waals surface area contributed by atoms with Gasteiger partial charge in [-0.1, -0.05) is 11.6 Å². The van der Waals surface area contributed by atoms with E-state index in [1.807, 2.05) is 6.07 Å². The molecule has 0 fully saturated rings. The molecule has 2 N–H and O–H groups in total. The topological polar surface area (TPSA) is 99.8 Å². The lowest BCUT2D eigenvalue weighted by molar-refractivity contribution is -0.137. The van der Waals surface area contributed by atoms with E-state index in [2.05, 4.69) is 15.7 Å². The number of carbonyl (C=O) groups excluding carboxylic acids is 2. The number of anilines is 1. The molecule has 7 nitrogen and oxygen atoms in total. The molecule has 0 saturated heterocycles. The minimum absolute atomic E-state index is 0.00577. The first-order chi connectivity index (χ1) is 19.4. The molecule has 1 aromatic heterocycles. The van der Waals surface area contributed by atoms with E-state index >= 15 is 0 Å². The molecule has 3 aromatic carbocycles. The summed E-state index contributed by atoms with van der Waals surface area (Å²) >= 11 is 6.31. The van der Waals surface area contributed by atoms with Crippen LogP contribution in [0.1, 0.15) is 49.9 Å². The molecule has 1 atom stereocenters. The summed E-state index contributed by atoms with van der Waals surface area (Å²) in [4.78, 5) is 26.3. The van der Waals surface area contributed by atoms with Crippen LogP contribution >= 0.6 is 11.6 Å². The Balaban J connectivity index is 1.63. The fourth-order valence-corrected chi connectivity index (χ4v) is 4.78. The lowest BCUT2D eigenvalue weighted by Gasteiger charge is -2.19. The lowest BCUT2D eigenvalue weighted by atomic mass is 9.93. The molecular formula is C28H17ClF5N5O2. The first kappa shape index (κ1) is 27.8. The van der Waals surface area contributed by atoms with Crippen LogP contribution in [0.4, 0.5) is 27.6 Å². The van der Waals surface area contributed by atoms with Gasteiger partial charge >= 0.3 is 6.18 Å². The summed E-state index contributed by atoms with van der Waals surface area (Å²) < 4.78 is 69.6. The van der Waals surface area contributed by atoms with Crippen LogP contribution in [0.5, 0.6) is 0 Å². The van der Waals surface area contributed by atoms with Crippen LogP contribution in [0.25, 0.3) is 11.1 Å².